The van der Waals surface area contributed by atoms with Crippen LogP contribution in [0.15, 0.2) is 29.1 Å². The molecule has 2 heterocycles. The Labute approximate surface area is 148 Å². The average Bonchev–Trinajstić information content (AvgIpc) is 2.90. The molecule has 2 aromatic heterocycles. The van der Waals surface area contributed by atoms with E-state index in [1.807, 2.05) is 31.2 Å². The zero-order chi connectivity index (χ0) is 18.1. The third-order valence-electron chi connectivity index (χ3n) is 4.09. The molecular weight excluding hydrogens is 340 g/mol. The van der Waals surface area contributed by atoms with Gasteiger partial charge in [-0.05, 0) is 31.5 Å². The van der Waals surface area contributed by atoms with Crippen molar-refractivity contribution in [3.05, 3.63) is 45.3 Å². The standard InChI is InChI=1S/C18H18N2O4S/c1-10-15(12-5-4-6-13(9-12)24-3)16-17(25-10)19-11(2)20(18(16)23)8-7-14(21)22/h4-6,9H,7-8H2,1-3H3,(H,21,22). The van der Waals surface area contributed by atoms with Crippen molar-refractivity contribution in [1.29, 1.82) is 0 Å². The first-order valence-corrected chi connectivity index (χ1v) is 8.60. The van der Waals surface area contributed by atoms with E-state index in [-0.39, 0.29) is 18.5 Å². The number of hydrogen-bond donors (Lipinski definition) is 1. The molecule has 0 unspecified atom stereocenters. The van der Waals surface area contributed by atoms with Gasteiger partial charge in [0.15, 0.2) is 0 Å². The summed E-state index contributed by atoms with van der Waals surface area (Å²) in [6, 6.07) is 7.54. The van der Waals surface area contributed by atoms with Gasteiger partial charge in [0.2, 0.25) is 0 Å². The molecule has 0 atom stereocenters. The number of rotatable bonds is 5. The Kier molecular flexibility index (Phi) is 4.59. The van der Waals surface area contributed by atoms with E-state index >= 15 is 0 Å². The third kappa shape index (κ3) is 3.15. The number of aliphatic carboxylic acids is 1. The number of hydrogen-bond acceptors (Lipinski definition) is 5. The fourth-order valence-electron chi connectivity index (χ4n) is 2.89. The molecule has 0 saturated heterocycles. The number of carbonyl (C=O) groups is 1. The molecule has 0 aliphatic heterocycles. The van der Waals surface area contributed by atoms with Crippen molar-refractivity contribution in [3.63, 3.8) is 0 Å². The number of thiophene rings is 1. The molecule has 0 saturated carbocycles. The third-order valence-corrected chi connectivity index (χ3v) is 5.09. The van der Waals surface area contributed by atoms with Crippen LogP contribution in [0, 0.1) is 13.8 Å². The van der Waals surface area contributed by atoms with Gasteiger partial charge in [-0.3, -0.25) is 14.2 Å². The largest absolute Gasteiger partial charge is 0.497 e. The van der Waals surface area contributed by atoms with E-state index in [4.69, 9.17) is 9.84 Å². The van der Waals surface area contributed by atoms with E-state index in [0.29, 0.717) is 21.8 Å². The van der Waals surface area contributed by atoms with E-state index in [9.17, 15) is 9.59 Å². The highest BCUT2D eigenvalue weighted by atomic mass is 32.1. The minimum atomic E-state index is -0.944. The van der Waals surface area contributed by atoms with Crippen LogP contribution >= 0.6 is 11.3 Å². The Hall–Kier alpha value is -2.67. The second-order valence-electron chi connectivity index (χ2n) is 5.70. The zero-order valence-electron chi connectivity index (χ0n) is 14.2. The summed E-state index contributed by atoms with van der Waals surface area (Å²) >= 11 is 1.47. The number of benzene rings is 1. The summed E-state index contributed by atoms with van der Waals surface area (Å²) in [4.78, 5) is 30.1. The first kappa shape index (κ1) is 17.2. The maximum absolute atomic E-state index is 13.0. The van der Waals surface area contributed by atoms with Gasteiger partial charge in [-0.1, -0.05) is 12.1 Å². The monoisotopic (exact) mass is 358 g/mol. The smallest absolute Gasteiger partial charge is 0.305 e. The van der Waals surface area contributed by atoms with Crippen LogP contribution in [0.2, 0.25) is 0 Å². The van der Waals surface area contributed by atoms with E-state index in [1.54, 1.807) is 14.0 Å². The van der Waals surface area contributed by atoms with Crippen molar-refractivity contribution in [2.45, 2.75) is 26.8 Å². The number of aryl methyl sites for hydroxylation is 2. The van der Waals surface area contributed by atoms with Gasteiger partial charge in [-0.2, -0.15) is 0 Å². The molecule has 0 spiro atoms. The van der Waals surface area contributed by atoms with E-state index in [2.05, 4.69) is 4.98 Å². The van der Waals surface area contributed by atoms with Gasteiger partial charge in [0.25, 0.3) is 5.56 Å². The van der Waals surface area contributed by atoms with Gasteiger partial charge in [0.05, 0.1) is 18.9 Å². The van der Waals surface area contributed by atoms with Crippen molar-refractivity contribution in [2.24, 2.45) is 0 Å². The van der Waals surface area contributed by atoms with Crippen LogP contribution in [0.3, 0.4) is 0 Å². The molecule has 130 valence electrons. The lowest BCUT2D eigenvalue weighted by molar-refractivity contribution is -0.137. The number of nitrogens with zero attached hydrogens (tertiary/aromatic N) is 2. The van der Waals surface area contributed by atoms with Crippen LogP contribution in [0.1, 0.15) is 17.1 Å². The molecule has 6 nitrogen and oxygen atoms in total. The minimum Gasteiger partial charge on any atom is -0.497 e. The lowest BCUT2D eigenvalue weighted by atomic mass is 10.0. The van der Waals surface area contributed by atoms with Crippen molar-refractivity contribution < 1.29 is 14.6 Å². The fraction of sp³-hybridized carbons (Fsp3) is 0.278. The van der Waals surface area contributed by atoms with Crippen molar-refractivity contribution >= 4 is 27.5 Å². The van der Waals surface area contributed by atoms with Crippen LogP contribution in [-0.2, 0) is 11.3 Å². The number of carboxylic acids is 1. The van der Waals surface area contributed by atoms with Crippen molar-refractivity contribution in [1.82, 2.24) is 9.55 Å². The second kappa shape index (κ2) is 6.68. The molecular formula is C18H18N2O4S. The summed E-state index contributed by atoms with van der Waals surface area (Å²) in [6.45, 7) is 3.79. The molecule has 3 rings (SSSR count). The highest BCUT2D eigenvalue weighted by Gasteiger charge is 2.19. The van der Waals surface area contributed by atoms with Crippen molar-refractivity contribution in [2.75, 3.05) is 7.11 Å². The Morgan fingerprint density at radius 2 is 2.12 bits per heavy atom. The normalized spacial score (nSPS) is 11.0. The molecule has 1 aromatic carbocycles. The quantitative estimate of drug-likeness (QED) is 0.757. The Balaban J connectivity index is 2.25. The van der Waals surface area contributed by atoms with Crippen LogP contribution in [-0.4, -0.2) is 27.7 Å². The zero-order valence-corrected chi connectivity index (χ0v) is 15.0. The van der Waals surface area contributed by atoms with E-state index in [1.165, 1.54) is 15.9 Å². The Morgan fingerprint density at radius 3 is 2.80 bits per heavy atom. The molecule has 3 aromatic rings. The number of aromatic nitrogens is 2. The summed E-state index contributed by atoms with van der Waals surface area (Å²) in [6.07, 6.45) is -0.119. The first-order valence-electron chi connectivity index (χ1n) is 7.79. The van der Waals surface area contributed by atoms with Gasteiger partial charge in [-0.25, -0.2) is 4.98 Å². The average molecular weight is 358 g/mol. The molecule has 0 amide bonds. The van der Waals surface area contributed by atoms with Gasteiger partial charge in [0, 0.05) is 17.0 Å². The Bertz CT molecular complexity index is 1020. The van der Waals surface area contributed by atoms with Crippen molar-refractivity contribution in [3.8, 4) is 16.9 Å². The Morgan fingerprint density at radius 1 is 1.36 bits per heavy atom. The molecule has 0 bridgehead atoms. The number of ether oxygens (including phenoxy) is 1. The van der Waals surface area contributed by atoms with Crippen LogP contribution in [0.25, 0.3) is 21.3 Å². The van der Waals surface area contributed by atoms with Crippen LogP contribution in [0.5, 0.6) is 5.75 Å². The highest BCUT2D eigenvalue weighted by Crippen LogP contribution is 2.36. The summed E-state index contributed by atoms with van der Waals surface area (Å²) in [5.74, 6) is 0.292. The second-order valence-corrected chi connectivity index (χ2v) is 6.91. The number of methoxy groups -OCH3 is 1. The maximum Gasteiger partial charge on any atom is 0.305 e. The number of carboxylic acid groups (broad SMARTS) is 1. The molecule has 1 N–H and O–H groups in total. The minimum absolute atomic E-state index is 0.107. The summed E-state index contributed by atoms with van der Waals surface area (Å²) < 4.78 is 6.72. The SMILES string of the molecule is COc1cccc(-c2c(C)sc3nc(C)n(CCC(=O)O)c(=O)c23)c1. The topological polar surface area (TPSA) is 81.4 Å². The fourth-order valence-corrected chi connectivity index (χ4v) is 3.97. The highest BCUT2D eigenvalue weighted by molar-refractivity contribution is 7.19. The molecule has 7 heteroatoms. The predicted molar refractivity (Wildman–Crippen MR) is 97.6 cm³/mol. The first-order chi connectivity index (χ1) is 11.9. The molecule has 0 aliphatic rings. The van der Waals surface area contributed by atoms with E-state index in [0.717, 1.165) is 16.0 Å². The van der Waals surface area contributed by atoms with E-state index < -0.39 is 5.97 Å². The van der Waals surface area contributed by atoms with Gasteiger partial charge < -0.3 is 9.84 Å². The summed E-state index contributed by atoms with van der Waals surface area (Å²) in [5, 5.41) is 9.45. The molecule has 0 aliphatic carbocycles. The van der Waals surface area contributed by atoms with Crippen LogP contribution < -0.4 is 10.3 Å². The molecule has 25 heavy (non-hydrogen) atoms. The summed E-state index contributed by atoms with van der Waals surface area (Å²) in [7, 11) is 1.60. The lowest BCUT2D eigenvalue weighted by Crippen LogP contribution is -2.24. The molecule has 0 fully saturated rings. The number of fused-ring (bicyclic) bond motifs is 1. The van der Waals surface area contributed by atoms with Gasteiger partial charge in [0.1, 0.15) is 16.4 Å². The predicted octanol–water partition coefficient (Wildman–Crippen LogP) is 3.23. The van der Waals surface area contributed by atoms with Gasteiger partial charge in [-0.15, -0.1) is 11.3 Å². The summed E-state index contributed by atoms with van der Waals surface area (Å²) in [5.41, 5.74) is 1.52. The van der Waals surface area contributed by atoms with Gasteiger partial charge >= 0.3 is 5.97 Å². The van der Waals surface area contributed by atoms with Crippen LogP contribution in [0.4, 0.5) is 0 Å². The maximum atomic E-state index is 13.0. The lowest BCUT2D eigenvalue weighted by Gasteiger charge is -2.09. The molecule has 0 radical (unpaired) electrons.